The summed E-state index contributed by atoms with van der Waals surface area (Å²) >= 11 is 5.84. The summed E-state index contributed by atoms with van der Waals surface area (Å²) < 4.78 is 40.3. The number of carbonyl (C=O) groups excluding carboxylic acids is 1. The molecule has 4 nitrogen and oxygen atoms in total. The second-order valence-electron chi connectivity index (χ2n) is 6.28. The van der Waals surface area contributed by atoms with Gasteiger partial charge in [-0.1, -0.05) is 23.7 Å². The third-order valence-electron chi connectivity index (χ3n) is 4.53. The fraction of sp³-hybridized carbons (Fsp3) is 0.316. The molecule has 1 aliphatic heterocycles. The second kappa shape index (κ2) is 8.52. The van der Waals surface area contributed by atoms with Crippen LogP contribution < -0.4 is 10.2 Å². The molecule has 144 valence electrons. The molecule has 2 aromatic carbocycles. The van der Waals surface area contributed by atoms with Gasteiger partial charge in [0.05, 0.1) is 5.69 Å². The minimum Gasteiger partial charge on any atom is -0.366 e. The van der Waals surface area contributed by atoms with Gasteiger partial charge in [-0.2, -0.15) is 0 Å². The summed E-state index contributed by atoms with van der Waals surface area (Å²) in [6.07, 6.45) is 0.683. The number of nitrogens with zero attached hydrogens (tertiary/aromatic N) is 2. The van der Waals surface area contributed by atoms with E-state index < -0.39 is 17.5 Å². The minimum atomic E-state index is -1.48. The van der Waals surface area contributed by atoms with Crippen molar-refractivity contribution < 1.29 is 18.0 Å². The van der Waals surface area contributed by atoms with Gasteiger partial charge < -0.3 is 15.1 Å². The van der Waals surface area contributed by atoms with Crippen LogP contribution in [0.1, 0.15) is 5.56 Å². The normalized spacial score (nSPS) is 14.4. The Bertz CT molecular complexity index is 809. The second-order valence-corrected chi connectivity index (χ2v) is 6.71. The van der Waals surface area contributed by atoms with Crippen molar-refractivity contribution in [2.75, 3.05) is 37.6 Å². The monoisotopic (exact) mass is 397 g/mol. The topological polar surface area (TPSA) is 35.6 Å². The molecule has 8 heteroatoms. The molecule has 0 saturated carbocycles. The molecule has 1 N–H and O–H groups in total. The van der Waals surface area contributed by atoms with Crippen LogP contribution in [0.2, 0.25) is 5.02 Å². The van der Waals surface area contributed by atoms with Gasteiger partial charge in [0.25, 0.3) is 0 Å². The average Bonchev–Trinajstić information content (AvgIpc) is 2.68. The lowest BCUT2D eigenvalue weighted by Crippen LogP contribution is -2.52. The molecule has 0 radical (unpaired) electrons. The van der Waals surface area contributed by atoms with Crippen LogP contribution in [-0.2, 0) is 6.42 Å². The maximum absolute atomic E-state index is 13.9. The van der Waals surface area contributed by atoms with Crippen LogP contribution in [0.4, 0.5) is 23.7 Å². The molecule has 27 heavy (non-hydrogen) atoms. The van der Waals surface area contributed by atoms with Crippen molar-refractivity contribution >= 4 is 23.3 Å². The maximum atomic E-state index is 13.9. The molecule has 2 aromatic rings. The summed E-state index contributed by atoms with van der Waals surface area (Å²) in [4.78, 5) is 15.5. The van der Waals surface area contributed by atoms with Gasteiger partial charge in [0.15, 0.2) is 17.5 Å². The number of hydrogen-bond donors (Lipinski definition) is 1. The van der Waals surface area contributed by atoms with Crippen molar-refractivity contribution in [3.8, 4) is 0 Å². The van der Waals surface area contributed by atoms with E-state index in [1.54, 1.807) is 21.9 Å². The number of urea groups is 1. The Kier molecular flexibility index (Phi) is 6.11. The fourth-order valence-corrected chi connectivity index (χ4v) is 3.11. The van der Waals surface area contributed by atoms with E-state index in [0.29, 0.717) is 44.2 Å². The number of rotatable bonds is 4. The van der Waals surface area contributed by atoms with E-state index in [9.17, 15) is 18.0 Å². The number of hydrogen-bond acceptors (Lipinski definition) is 2. The van der Waals surface area contributed by atoms with Crippen LogP contribution in [0.3, 0.4) is 0 Å². The maximum Gasteiger partial charge on any atom is 0.317 e. The molecule has 2 amide bonds. The summed E-state index contributed by atoms with van der Waals surface area (Å²) in [6, 6.07) is 9.34. The number of anilines is 1. The van der Waals surface area contributed by atoms with Crippen molar-refractivity contribution in [3.63, 3.8) is 0 Å². The Labute approximate surface area is 160 Å². The van der Waals surface area contributed by atoms with E-state index in [0.717, 1.165) is 11.6 Å². The van der Waals surface area contributed by atoms with E-state index in [1.807, 2.05) is 12.1 Å². The Morgan fingerprint density at radius 2 is 1.63 bits per heavy atom. The summed E-state index contributed by atoms with van der Waals surface area (Å²) in [6.45, 7) is 1.90. The van der Waals surface area contributed by atoms with Crippen molar-refractivity contribution in [3.05, 3.63) is 64.4 Å². The lowest BCUT2D eigenvalue weighted by Gasteiger charge is -2.36. The first-order chi connectivity index (χ1) is 13.0. The van der Waals surface area contributed by atoms with Crippen molar-refractivity contribution in [1.82, 2.24) is 10.2 Å². The van der Waals surface area contributed by atoms with Crippen LogP contribution in [0, 0.1) is 17.5 Å². The molecular formula is C19H19ClF3N3O. The summed E-state index contributed by atoms with van der Waals surface area (Å²) in [5.74, 6) is -3.89. The van der Waals surface area contributed by atoms with Gasteiger partial charge in [-0.25, -0.2) is 18.0 Å². The highest BCUT2D eigenvalue weighted by molar-refractivity contribution is 6.30. The highest BCUT2D eigenvalue weighted by atomic mass is 35.5. The number of amides is 2. The SMILES string of the molecule is O=C(NCCc1ccc(Cl)cc1)N1CCN(c2ccc(F)c(F)c2F)CC1. The number of piperazine rings is 1. The standard InChI is InChI=1S/C19H19ClF3N3O/c20-14-3-1-13(2-4-14)7-8-24-19(27)26-11-9-25(10-12-26)16-6-5-15(21)17(22)18(16)23/h1-6H,7-12H2,(H,24,27). The van der Waals surface area contributed by atoms with Crippen LogP contribution in [0.25, 0.3) is 0 Å². The molecule has 0 atom stereocenters. The zero-order valence-corrected chi connectivity index (χ0v) is 15.3. The first-order valence-corrected chi connectivity index (χ1v) is 8.99. The van der Waals surface area contributed by atoms with E-state index in [4.69, 9.17) is 11.6 Å². The molecular weight excluding hydrogens is 379 g/mol. The highest BCUT2D eigenvalue weighted by Gasteiger charge is 2.24. The highest BCUT2D eigenvalue weighted by Crippen LogP contribution is 2.24. The molecule has 1 aliphatic rings. The number of benzene rings is 2. The van der Waals surface area contributed by atoms with Crippen molar-refractivity contribution in [2.45, 2.75) is 6.42 Å². The van der Waals surface area contributed by atoms with E-state index in [-0.39, 0.29) is 11.7 Å². The Hall–Kier alpha value is -2.41. The van der Waals surface area contributed by atoms with Gasteiger partial charge in [-0.15, -0.1) is 0 Å². The first-order valence-electron chi connectivity index (χ1n) is 8.61. The molecule has 0 bridgehead atoms. The van der Waals surface area contributed by atoms with Gasteiger partial charge in [0.1, 0.15) is 0 Å². The Morgan fingerprint density at radius 1 is 0.963 bits per heavy atom. The molecule has 0 unspecified atom stereocenters. The minimum absolute atomic E-state index is 0.0108. The third kappa shape index (κ3) is 4.66. The Morgan fingerprint density at radius 3 is 2.30 bits per heavy atom. The van der Waals surface area contributed by atoms with Gasteiger partial charge in [0, 0.05) is 37.7 Å². The van der Waals surface area contributed by atoms with Crippen LogP contribution in [0.5, 0.6) is 0 Å². The van der Waals surface area contributed by atoms with Gasteiger partial charge in [0.2, 0.25) is 0 Å². The zero-order chi connectivity index (χ0) is 19.4. The largest absolute Gasteiger partial charge is 0.366 e. The fourth-order valence-electron chi connectivity index (χ4n) is 2.99. The van der Waals surface area contributed by atoms with E-state index >= 15 is 0 Å². The lowest BCUT2D eigenvalue weighted by atomic mass is 10.1. The number of halogens is 4. The van der Waals surface area contributed by atoms with Gasteiger partial charge >= 0.3 is 6.03 Å². The molecule has 1 heterocycles. The van der Waals surface area contributed by atoms with Gasteiger partial charge in [-0.05, 0) is 36.2 Å². The number of carbonyl (C=O) groups is 1. The Balaban J connectivity index is 1.48. The zero-order valence-electron chi connectivity index (χ0n) is 14.5. The smallest absolute Gasteiger partial charge is 0.317 e. The van der Waals surface area contributed by atoms with E-state index in [2.05, 4.69) is 5.32 Å². The van der Waals surface area contributed by atoms with E-state index in [1.165, 1.54) is 6.07 Å². The van der Waals surface area contributed by atoms with Crippen LogP contribution >= 0.6 is 11.6 Å². The summed E-state index contributed by atoms with van der Waals surface area (Å²) in [5, 5.41) is 3.51. The molecule has 0 aromatic heterocycles. The molecule has 3 rings (SSSR count). The molecule has 0 aliphatic carbocycles. The van der Waals surface area contributed by atoms with Crippen molar-refractivity contribution in [2.24, 2.45) is 0 Å². The lowest BCUT2D eigenvalue weighted by molar-refractivity contribution is 0.194. The first kappa shape index (κ1) is 19.4. The summed E-state index contributed by atoms with van der Waals surface area (Å²) in [5.41, 5.74) is 1.08. The predicted molar refractivity (Wildman–Crippen MR) is 98.7 cm³/mol. The van der Waals surface area contributed by atoms with Crippen LogP contribution in [0.15, 0.2) is 36.4 Å². The molecule has 1 fully saturated rings. The quantitative estimate of drug-likeness (QED) is 0.796. The number of nitrogens with one attached hydrogen (secondary N) is 1. The predicted octanol–water partition coefficient (Wildman–Crippen LogP) is 3.83. The molecule has 0 spiro atoms. The molecule has 1 saturated heterocycles. The third-order valence-corrected chi connectivity index (χ3v) is 4.78. The summed E-state index contributed by atoms with van der Waals surface area (Å²) in [7, 11) is 0. The van der Waals surface area contributed by atoms with Gasteiger partial charge in [-0.3, -0.25) is 0 Å². The average molecular weight is 398 g/mol. The van der Waals surface area contributed by atoms with Crippen molar-refractivity contribution in [1.29, 1.82) is 0 Å². The van der Waals surface area contributed by atoms with Crippen LogP contribution in [-0.4, -0.2) is 43.7 Å².